The molecule has 0 spiro atoms. The lowest BCUT2D eigenvalue weighted by atomic mass is 10.1. The Labute approximate surface area is 152 Å². The van der Waals surface area contributed by atoms with Crippen molar-refractivity contribution < 1.29 is 4.79 Å². The molecular formula is C20H21N5O. The van der Waals surface area contributed by atoms with Gasteiger partial charge in [0.25, 0.3) is 0 Å². The molecule has 0 saturated carbocycles. The van der Waals surface area contributed by atoms with E-state index in [4.69, 9.17) is 0 Å². The van der Waals surface area contributed by atoms with Crippen LogP contribution in [0.1, 0.15) is 12.8 Å². The first-order valence-electron chi connectivity index (χ1n) is 8.87. The number of nitrogens with one attached hydrogen (secondary N) is 2. The van der Waals surface area contributed by atoms with E-state index in [0.717, 1.165) is 48.3 Å². The molecule has 0 atom stereocenters. The highest BCUT2D eigenvalue weighted by molar-refractivity contribution is 6.01. The van der Waals surface area contributed by atoms with Crippen molar-refractivity contribution in [3.8, 4) is 0 Å². The summed E-state index contributed by atoms with van der Waals surface area (Å²) in [7, 11) is 0. The number of benzene rings is 2. The summed E-state index contributed by atoms with van der Waals surface area (Å²) >= 11 is 0. The van der Waals surface area contributed by atoms with Crippen LogP contribution in [-0.2, 0) is 0 Å². The fraction of sp³-hybridized carbons (Fsp3) is 0.250. The van der Waals surface area contributed by atoms with Crippen molar-refractivity contribution in [1.82, 2.24) is 15.3 Å². The number of carbonyl (C=O) groups is 1. The van der Waals surface area contributed by atoms with Crippen LogP contribution in [0.25, 0.3) is 10.8 Å². The molecule has 0 unspecified atom stereocenters. The zero-order valence-electron chi connectivity index (χ0n) is 14.4. The second-order valence-corrected chi connectivity index (χ2v) is 6.44. The number of piperidine rings is 1. The molecule has 1 aliphatic heterocycles. The molecule has 1 aromatic heterocycles. The Morgan fingerprint density at radius 1 is 0.962 bits per heavy atom. The van der Waals surface area contributed by atoms with Gasteiger partial charge < -0.3 is 15.5 Å². The summed E-state index contributed by atoms with van der Waals surface area (Å²) in [6, 6.07) is 15.8. The molecule has 26 heavy (non-hydrogen) atoms. The number of fused-ring (bicyclic) bond motifs is 1. The first-order valence-corrected chi connectivity index (χ1v) is 8.87. The standard InChI is InChI=1S/C20H21N5O/c26-20(24-18-8-3-6-15-5-1-2-7-17(15)18)23-16-9-13-25(14-10-16)19-21-11-4-12-22-19/h1-8,11-12,16H,9-10,13-14H2,(H2,23,24,26). The summed E-state index contributed by atoms with van der Waals surface area (Å²) in [6.45, 7) is 1.67. The molecule has 2 aromatic carbocycles. The van der Waals surface area contributed by atoms with Gasteiger partial charge in [0.05, 0.1) is 5.69 Å². The molecule has 3 aromatic rings. The highest BCUT2D eigenvalue weighted by Crippen LogP contribution is 2.23. The van der Waals surface area contributed by atoms with Crippen molar-refractivity contribution in [1.29, 1.82) is 0 Å². The van der Waals surface area contributed by atoms with Crippen LogP contribution in [0.3, 0.4) is 0 Å². The third kappa shape index (κ3) is 3.59. The normalized spacial score (nSPS) is 15.0. The van der Waals surface area contributed by atoms with Crippen molar-refractivity contribution in [3.05, 3.63) is 60.9 Å². The van der Waals surface area contributed by atoms with E-state index < -0.39 is 0 Å². The molecule has 1 saturated heterocycles. The smallest absolute Gasteiger partial charge is 0.319 e. The summed E-state index contributed by atoms with van der Waals surface area (Å²) in [5.74, 6) is 0.756. The van der Waals surface area contributed by atoms with Crippen LogP contribution in [0.5, 0.6) is 0 Å². The predicted octanol–water partition coefficient (Wildman–Crippen LogP) is 3.42. The van der Waals surface area contributed by atoms with Crippen molar-refractivity contribution in [2.75, 3.05) is 23.3 Å². The van der Waals surface area contributed by atoms with E-state index in [9.17, 15) is 4.79 Å². The first-order chi connectivity index (χ1) is 12.8. The second kappa shape index (κ2) is 7.39. The Hall–Kier alpha value is -3.15. The SMILES string of the molecule is O=C(Nc1cccc2ccccc12)NC1CCN(c2ncccn2)CC1. The summed E-state index contributed by atoms with van der Waals surface area (Å²) in [5.41, 5.74) is 0.829. The van der Waals surface area contributed by atoms with Gasteiger partial charge in [0, 0.05) is 36.9 Å². The van der Waals surface area contributed by atoms with Gasteiger partial charge in [0.1, 0.15) is 0 Å². The van der Waals surface area contributed by atoms with Gasteiger partial charge in [-0.3, -0.25) is 0 Å². The molecule has 1 fully saturated rings. The van der Waals surface area contributed by atoms with Crippen molar-refractivity contribution in [2.24, 2.45) is 0 Å². The van der Waals surface area contributed by atoms with Crippen LogP contribution in [-0.4, -0.2) is 35.1 Å². The van der Waals surface area contributed by atoms with E-state index >= 15 is 0 Å². The highest BCUT2D eigenvalue weighted by atomic mass is 16.2. The van der Waals surface area contributed by atoms with E-state index in [1.807, 2.05) is 48.5 Å². The Balaban J connectivity index is 1.34. The molecular weight excluding hydrogens is 326 g/mol. The maximum absolute atomic E-state index is 12.4. The molecule has 2 heterocycles. The number of amides is 2. The van der Waals surface area contributed by atoms with Gasteiger partial charge in [-0.1, -0.05) is 36.4 Å². The fourth-order valence-corrected chi connectivity index (χ4v) is 3.36. The molecule has 2 N–H and O–H groups in total. The molecule has 6 nitrogen and oxygen atoms in total. The van der Waals surface area contributed by atoms with Gasteiger partial charge in [0.2, 0.25) is 5.95 Å². The topological polar surface area (TPSA) is 70.2 Å². The third-order valence-electron chi connectivity index (χ3n) is 4.70. The van der Waals surface area contributed by atoms with E-state index in [0.29, 0.717) is 0 Å². The number of hydrogen-bond acceptors (Lipinski definition) is 4. The molecule has 0 aliphatic carbocycles. The van der Waals surface area contributed by atoms with E-state index in [1.54, 1.807) is 12.4 Å². The minimum Gasteiger partial charge on any atom is -0.341 e. The predicted molar refractivity (Wildman–Crippen MR) is 103 cm³/mol. The van der Waals surface area contributed by atoms with Crippen LogP contribution >= 0.6 is 0 Å². The summed E-state index contributed by atoms with van der Waals surface area (Å²) in [6.07, 6.45) is 5.26. The number of urea groups is 1. The first kappa shape index (κ1) is 16.3. The van der Waals surface area contributed by atoms with Crippen LogP contribution in [0.4, 0.5) is 16.4 Å². The maximum atomic E-state index is 12.4. The summed E-state index contributed by atoms with van der Waals surface area (Å²) in [5, 5.41) is 8.23. The Kier molecular flexibility index (Phi) is 4.64. The maximum Gasteiger partial charge on any atom is 0.319 e. The Morgan fingerprint density at radius 3 is 2.50 bits per heavy atom. The van der Waals surface area contributed by atoms with Gasteiger partial charge in [-0.25, -0.2) is 14.8 Å². The molecule has 2 amide bonds. The fourth-order valence-electron chi connectivity index (χ4n) is 3.36. The van der Waals surface area contributed by atoms with E-state index in [-0.39, 0.29) is 12.1 Å². The number of carbonyl (C=O) groups excluding carboxylic acids is 1. The van der Waals surface area contributed by atoms with Gasteiger partial charge in [-0.15, -0.1) is 0 Å². The summed E-state index contributed by atoms with van der Waals surface area (Å²) in [4.78, 5) is 23.1. The lowest BCUT2D eigenvalue weighted by molar-refractivity contribution is 0.246. The van der Waals surface area contributed by atoms with Crippen molar-refractivity contribution in [2.45, 2.75) is 18.9 Å². The summed E-state index contributed by atoms with van der Waals surface area (Å²) < 4.78 is 0. The third-order valence-corrected chi connectivity index (χ3v) is 4.70. The number of rotatable bonds is 3. The zero-order chi connectivity index (χ0) is 17.8. The lowest BCUT2D eigenvalue weighted by Crippen LogP contribution is -2.46. The average Bonchev–Trinajstić information content (AvgIpc) is 2.69. The number of aromatic nitrogens is 2. The quantitative estimate of drug-likeness (QED) is 0.762. The second-order valence-electron chi connectivity index (χ2n) is 6.44. The lowest BCUT2D eigenvalue weighted by Gasteiger charge is -2.32. The Morgan fingerprint density at radius 2 is 1.69 bits per heavy atom. The number of nitrogens with zero attached hydrogens (tertiary/aromatic N) is 3. The highest BCUT2D eigenvalue weighted by Gasteiger charge is 2.22. The van der Waals surface area contributed by atoms with Crippen LogP contribution in [0.15, 0.2) is 60.9 Å². The number of hydrogen-bond donors (Lipinski definition) is 2. The van der Waals surface area contributed by atoms with Crippen LogP contribution in [0, 0.1) is 0 Å². The van der Waals surface area contributed by atoms with Crippen molar-refractivity contribution >= 4 is 28.4 Å². The largest absolute Gasteiger partial charge is 0.341 e. The zero-order valence-corrected chi connectivity index (χ0v) is 14.4. The molecule has 0 radical (unpaired) electrons. The van der Waals surface area contributed by atoms with E-state index in [2.05, 4.69) is 25.5 Å². The van der Waals surface area contributed by atoms with Gasteiger partial charge in [0.15, 0.2) is 0 Å². The van der Waals surface area contributed by atoms with Gasteiger partial charge >= 0.3 is 6.03 Å². The molecule has 6 heteroatoms. The van der Waals surface area contributed by atoms with Gasteiger partial charge in [-0.05, 0) is 30.4 Å². The average molecular weight is 347 g/mol. The van der Waals surface area contributed by atoms with Crippen LogP contribution in [0.2, 0.25) is 0 Å². The molecule has 4 rings (SSSR count). The molecule has 132 valence electrons. The molecule has 1 aliphatic rings. The Bertz CT molecular complexity index is 886. The minimum atomic E-state index is -0.157. The van der Waals surface area contributed by atoms with Crippen molar-refractivity contribution in [3.63, 3.8) is 0 Å². The van der Waals surface area contributed by atoms with Gasteiger partial charge in [-0.2, -0.15) is 0 Å². The monoisotopic (exact) mass is 347 g/mol. The van der Waals surface area contributed by atoms with Crippen LogP contribution < -0.4 is 15.5 Å². The number of anilines is 2. The minimum absolute atomic E-state index is 0.157. The molecule has 0 bridgehead atoms. The van der Waals surface area contributed by atoms with E-state index in [1.165, 1.54) is 0 Å².